The van der Waals surface area contributed by atoms with Gasteiger partial charge in [-0.15, -0.1) is 12.4 Å². The van der Waals surface area contributed by atoms with Gasteiger partial charge in [0.15, 0.2) is 0 Å². The number of ether oxygens (including phenoxy) is 1. The highest BCUT2D eigenvalue weighted by Crippen LogP contribution is 2.27. The Labute approximate surface area is 126 Å². The maximum atomic E-state index is 12.1. The minimum atomic E-state index is -0.529. The molecule has 1 aromatic carbocycles. The van der Waals surface area contributed by atoms with E-state index in [1.807, 2.05) is 11.0 Å². The van der Waals surface area contributed by atoms with Crippen LogP contribution in [0, 0.1) is 0 Å². The lowest BCUT2D eigenvalue weighted by Gasteiger charge is -2.33. The molecule has 0 bridgehead atoms. The van der Waals surface area contributed by atoms with E-state index in [1.54, 1.807) is 7.11 Å². The molecule has 1 fully saturated rings. The highest BCUT2D eigenvalue weighted by atomic mass is 35.5. The van der Waals surface area contributed by atoms with Crippen molar-refractivity contribution in [2.75, 3.05) is 26.8 Å². The van der Waals surface area contributed by atoms with Gasteiger partial charge in [-0.05, 0) is 24.3 Å². The van der Waals surface area contributed by atoms with Crippen LogP contribution in [0.5, 0.6) is 0 Å². The Bertz CT molecular complexity index is 406. The van der Waals surface area contributed by atoms with Crippen LogP contribution in [0.25, 0.3) is 0 Å². The van der Waals surface area contributed by atoms with Crippen LogP contribution >= 0.6 is 12.4 Å². The second-order valence-corrected chi connectivity index (χ2v) is 5.07. The Morgan fingerprint density at radius 2 is 1.95 bits per heavy atom. The molecular weight excluding hydrogens is 276 g/mol. The number of nitrogens with zero attached hydrogens (tertiary/aromatic N) is 1. The van der Waals surface area contributed by atoms with Gasteiger partial charge < -0.3 is 15.4 Å². The van der Waals surface area contributed by atoms with E-state index in [2.05, 4.69) is 24.3 Å². The lowest BCUT2D eigenvalue weighted by atomic mass is 9.89. The molecule has 0 aliphatic carbocycles. The summed E-state index contributed by atoms with van der Waals surface area (Å²) < 4.78 is 4.93. The quantitative estimate of drug-likeness (QED) is 0.922. The number of benzene rings is 1. The predicted molar refractivity (Wildman–Crippen MR) is 82.1 cm³/mol. The number of amides is 1. The summed E-state index contributed by atoms with van der Waals surface area (Å²) >= 11 is 0. The average molecular weight is 299 g/mol. The summed E-state index contributed by atoms with van der Waals surface area (Å²) in [6, 6.07) is 9.98. The maximum Gasteiger partial charge on any atom is 0.241 e. The summed E-state index contributed by atoms with van der Waals surface area (Å²) in [5.41, 5.74) is 7.16. The monoisotopic (exact) mass is 298 g/mol. The molecule has 1 aromatic rings. The van der Waals surface area contributed by atoms with Crippen molar-refractivity contribution < 1.29 is 9.53 Å². The number of carbonyl (C=O) groups excluding carboxylic acids is 1. The van der Waals surface area contributed by atoms with E-state index < -0.39 is 6.04 Å². The van der Waals surface area contributed by atoms with Crippen molar-refractivity contribution >= 4 is 18.3 Å². The Morgan fingerprint density at radius 1 is 1.35 bits per heavy atom. The zero-order valence-electron chi connectivity index (χ0n) is 11.8. The van der Waals surface area contributed by atoms with Gasteiger partial charge in [0.1, 0.15) is 6.04 Å². The fourth-order valence-electron chi connectivity index (χ4n) is 2.64. The van der Waals surface area contributed by atoms with Crippen LogP contribution in [0.1, 0.15) is 24.3 Å². The normalized spacial score (nSPS) is 17.4. The molecule has 0 aromatic heterocycles. The number of halogens is 1. The van der Waals surface area contributed by atoms with Crippen LogP contribution in [0.4, 0.5) is 0 Å². The summed E-state index contributed by atoms with van der Waals surface area (Å²) in [6.07, 6.45) is 2.02. The van der Waals surface area contributed by atoms with E-state index >= 15 is 0 Å². The Kier molecular flexibility index (Phi) is 6.99. The number of nitrogens with two attached hydrogens (primary N) is 1. The van der Waals surface area contributed by atoms with Crippen molar-refractivity contribution in [1.82, 2.24) is 4.90 Å². The molecule has 2 rings (SSSR count). The number of methoxy groups -OCH3 is 1. The minimum absolute atomic E-state index is 0. The molecule has 1 heterocycles. The van der Waals surface area contributed by atoms with Crippen LogP contribution in [0.2, 0.25) is 0 Å². The fourth-order valence-corrected chi connectivity index (χ4v) is 2.64. The van der Waals surface area contributed by atoms with E-state index in [0.717, 1.165) is 25.9 Å². The molecular formula is C15H23ClN2O2. The Morgan fingerprint density at radius 3 is 2.50 bits per heavy atom. The third-order valence-corrected chi connectivity index (χ3v) is 3.74. The van der Waals surface area contributed by atoms with Crippen molar-refractivity contribution in [3.8, 4) is 0 Å². The van der Waals surface area contributed by atoms with E-state index in [-0.39, 0.29) is 24.9 Å². The molecule has 2 N–H and O–H groups in total. The SMILES string of the molecule is COCC(N)C(=O)N1CCC(c2ccccc2)CC1.Cl. The number of hydrogen-bond donors (Lipinski definition) is 1. The Balaban J connectivity index is 0.00000200. The van der Waals surface area contributed by atoms with Gasteiger partial charge in [0.05, 0.1) is 6.61 Å². The molecule has 1 saturated heterocycles. The first-order chi connectivity index (χ1) is 9.22. The van der Waals surface area contributed by atoms with Gasteiger partial charge >= 0.3 is 0 Å². The Hall–Kier alpha value is -1.10. The first-order valence-electron chi connectivity index (χ1n) is 6.80. The maximum absolute atomic E-state index is 12.1. The van der Waals surface area contributed by atoms with Gasteiger partial charge in [-0.25, -0.2) is 0 Å². The van der Waals surface area contributed by atoms with Crippen molar-refractivity contribution in [3.63, 3.8) is 0 Å². The third kappa shape index (κ3) is 4.20. The van der Waals surface area contributed by atoms with Crippen molar-refractivity contribution in [3.05, 3.63) is 35.9 Å². The second-order valence-electron chi connectivity index (χ2n) is 5.07. The van der Waals surface area contributed by atoms with Crippen molar-refractivity contribution in [1.29, 1.82) is 0 Å². The largest absolute Gasteiger partial charge is 0.383 e. The van der Waals surface area contributed by atoms with Crippen LogP contribution in [-0.4, -0.2) is 43.7 Å². The average Bonchev–Trinajstić information content (AvgIpc) is 2.48. The topological polar surface area (TPSA) is 55.6 Å². The summed E-state index contributed by atoms with van der Waals surface area (Å²) in [6.45, 7) is 1.86. The number of piperidine rings is 1. The molecule has 112 valence electrons. The van der Waals surface area contributed by atoms with Crippen LogP contribution in [0.3, 0.4) is 0 Å². The summed E-state index contributed by atoms with van der Waals surface area (Å²) in [4.78, 5) is 13.9. The minimum Gasteiger partial charge on any atom is -0.383 e. The van der Waals surface area contributed by atoms with Crippen LogP contribution in [0.15, 0.2) is 30.3 Å². The summed E-state index contributed by atoms with van der Waals surface area (Å²) in [7, 11) is 1.56. The van der Waals surface area contributed by atoms with E-state index in [1.165, 1.54) is 5.56 Å². The zero-order chi connectivity index (χ0) is 13.7. The van der Waals surface area contributed by atoms with Gasteiger partial charge in [-0.2, -0.15) is 0 Å². The smallest absolute Gasteiger partial charge is 0.241 e. The van der Waals surface area contributed by atoms with Gasteiger partial charge in [-0.3, -0.25) is 4.79 Å². The standard InChI is InChI=1S/C15H22N2O2.ClH/c1-19-11-14(16)15(18)17-9-7-13(8-10-17)12-5-3-2-4-6-12;/h2-6,13-14H,7-11,16H2,1H3;1H. The van der Waals surface area contributed by atoms with Gasteiger partial charge in [0.25, 0.3) is 0 Å². The molecule has 5 heteroatoms. The molecule has 0 spiro atoms. The molecule has 1 atom stereocenters. The fraction of sp³-hybridized carbons (Fsp3) is 0.533. The highest BCUT2D eigenvalue weighted by molar-refractivity contribution is 5.85. The first-order valence-corrected chi connectivity index (χ1v) is 6.80. The molecule has 0 radical (unpaired) electrons. The van der Waals surface area contributed by atoms with Crippen molar-refractivity contribution in [2.24, 2.45) is 5.73 Å². The number of rotatable bonds is 4. The molecule has 1 amide bonds. The van der Waals surface area contributed by atoms with Crippen LogP contribution in [-0.2, 0) is 9.53 Å². The van der Waals surface area contributed by atoms with E-state index in [0.29, 0.717) is 5.92 Å². The summed E-state index contributed by atoms with van der Waals surface area (Å²) in [5, 5.41) is 0. The first kappa shape index (κ1) is 17.0. The van der Waals surface area contributed by atoms with Crippen LogP contribution < -0.4 is 5.73 Å². The zero-order valence-corrected chi connectivity index (χ0v) is 12.6. The molecule has 1 aliphatic heterocycles. The molecule has 20 heavy (non-hydrogen) atoms. The molecule has 0 saturated carbocycles. The molecule has 4 nitrogen and oxygen atoms in total. The predicted octanol–water partition coefficient (Wildman–Crippen LogP) is 1.79. The van der Waals surface area contributed by atoms with Gasteiger partial charge in [-0.1, -0.05) is 30.3 Å². The van der Waals surface area contributed by atoms with E-state index in [9.17, 15) is 4.79 Å². The molecule has 1 aliphatic rings. The van der Waals surface area contributed by atoms with Crippen molar-refractivity contribution in [2.45, 2.75) is 24.8 Å². The lowest BCUT2D eigenvalue weighted by molar-refractivity contribution is -0.134. The summed E-state index contributed by atoms with van der Waals surface area (Å²) in [5.74, 6) is 0.567. The lowest BCUT2D eigenvalue weighted by Crippen LogP contribution is -2.48. The third-order valence-electron chi connectivity index (χ3n) is 3.74. The highest BCUT2D eigenvalue weighted by Gasteiger charge is 2.26. The van der Waals surface area contributed by atoms with Gasteiger partial charge in [0, 0.05) is 20.2 Å². The number of hydrogen-bond acceptors (Lipinski definition) is 3. The number of carbonyl (C=O) groups is 1. The van der Waals surface area contributed by atoms with Gasteiger partial charge in [0.2, 0.25) is 5.91 Å². The van der Waals surface area contributed by atoms with E-state index in [4.69, 9.17) is 10.5 Å². The second kappa shape index (κ2) is 8.25. The number of likely N-dealkylation sites (tertiary alicyclic amines) is 1. The molecule has 1 unspecified atom stereocenters.